The molecule has 0 aromatic carbocycles. The van der Waals surface area contributed by atoms with E-state index in [1.54, 1.807) is 17.3 Å². The highest BCUT2D eigenvalue weighted by Crippen LogP contribution is 2.77. The summed E-state index contributed by atoms with van der Waals surface area (Å²) in [5.41, 5.74) is 0. The quantitative estimate of drug-likeness (QED) is 0.518. The van der Waals surface area contributed by atoms with Crippen LogP contribution in [0.5, 0.6) is 0 Å². The molecule has 29 heavy (non-hydrogen) atoms. The number of aromatic nitrogens is 2. The number of hydrogen-bond donors (Lipinski definition) is 0. The van der Waals surface area contributed by atoms with E-state index < -0.39 is 0 Å². The molecule has 0 spiro atoms. The molecule has 2 saturated heterocycles. The lowest BCUT2D eigenvalue weighted by molar-refractivity contribution is -0.156. The van der Waals surface area contributed by atoms with Gasteiger partial charge in [0.15, 0.2) is 0 Å². The lowest BCUT2D eigenvalue weighted by Crippen LogP contribution is -2.50. The number of imide groups is 1. The molecule has 7 nitrogen and oxygen atoms in total. The normalized spacial score (nSPS) is 37.6. The van der Waals surface area contributed by atoms with Gasteiger partial charge in [-0.05, 0) is 49.5 Å². The molecule has 7 rings (SSSR count). The molecule has 1 aromatic rings. The van der Waals surface area contributed by atoms with E-state index in [0.717, 1.165) is 57.8 Å². The van der Waals surface area contributed by atoms with Gasteiger partial charge in [-0.1, -0.05) is 11.6 Å². The molecule has 6 aliphatic rings. The molecule has 154 valence electrons. The van der Waals surface area contributed by atoms with Crippen molar-refractivity contribution < 1.29 is 9.59 Å². The van der Waals surface area contributed by atoms with Gasteiger partial charge < -0.3 is 4.90 Å². The van der Waals surface area contributed by atoms with Crippen molar-refractivity contribution in [2.45, 2.75) is 19.3 Å². The first kappa shape index (κ1) is 18.1. The monoisotopic (exact) mass is 415 g/mol. The van der Waals surface area contributed by atoms with Crippen molar-refractivity contribution in [2.75, 3.05) is 44.2 Å². The minimum atomic E-state index is 0.153. The zero-order chi connectivity index (χ0) is 19.7. The number of rotatable bonds is 6. The number of piperazine rings is 1. The van der Waals surface area contributed by atoms with Gasteiger partial charge in [0, 0.05) is 44.6 Å². The fraction of sp³-hybridized carbons (Fsp3) is 0.714. The Morgan fingerprint density at radius 1 is 0.931 bits per heavy atom. The summed E-state index contributed by atoms with van der Waals surface area (Å²) < 4.78 is 0. The van der Waals surface area contributed by atoms with E-state index in [4.69, 9.17) is 11.6 Å². The summed E-state index contributed by atoms with van der Waals surface area (Å²) in [4.78, 5) is 40.4. The third-order valence-corrected chi connectivity index (χ3v) is 8.27. The van der Waals surface area contributed by atoms with Crippen molar-refractivity contribution in [2.24, 2.45) is 35.5 Å². The first-order valence-electron chi connectivity index (χ1n) is 10.9. The predicted octanol–water partition coefficient (Wildman–Crippen LogP) is 1.53. The minimum absolute atomic E-state index is 0.153. The van der Waals surface area contributed by atoms with Crippen molar-refractivity contribution in [3.05, 3.63) is 17.5 Å². The van der Waals surface area contributed by atoms with Gasteiger partial charge in [0.25, 0.3) is 0 Å². The Morgan fingerprint density at radius 3 is 2.28 bits per heavy atom. The predicted molar refractivity (Wildman–Crippen MR) is 107 cm³/mol. The molecule has 4 aliphatic carbocycles. The number of carbonyl (C=O) groups is 2. The smallest absolute Gasteiger partial charge is 0.232 e. The summed E-state index contributed by atoms with van der Waals surface area (Å²) in [6.45, 7) is 5.39. The van der Waals surface area contributed by atoms with Crippen molar-refractivity contribution >= 4 is 29.2 Å². The Hall–Kier alpha value is -1.73. The molecule has 3 heterocycles. The lowest BCUT2D eigenvalue weighted by Gasteiger charge is -2.36. The first-order chi connectivity index (χ1) is 14.1. The van der Waals surface area contributed by atoms with Crippen LogP contribution in [0, 0.1) is 35.5 Å². The highest BCUT2D eigenvalue weighted by Gasteiger charge is 2.79. The number of hydrogen-bond acceptors (Lipinski definition) is 6. The van der Waals surface area contributed by atoms with E-state index in [9.17, 15) is 9.59 Å². The second kappa shape index (κ2) is 6.64. The van der Waals surface area contributed by atoms with Crippen LogP contribution < -0.4 is 4.90 Å². The molecule has 6 bridgehead atoms. The molecule has 4 saturated carbocycles. The SMILES string of the molecule is O=C1C2C3CC4C2C4C3C(=O)N1CCCCN1CCN(c2cncc(Cl)n2)CC1. The average molecular weight is 416 g/mol. The third kappa shape index (κ3) is 2.73. The molecular weight excluding hydrogens is 390 g/mol. The molecule has 8 heteroatoms. The van der Waals surface area contributed by atoms with Crippen LogP contribution in [0.4, 0.5) is 5.82 Å². The number of piperidine rings is 1. The number of likely N-dealkylation sites (tertiary alicyclic amines) is 1. The fourth-order valence-corrected chi connectivity index (χ4v) is 6.97. The maximum absolute atomic E-state index is 12.8. The summed E-state index contributed by atoms with van der Waals surface area (Å²) in [5, 5.41) is 0.426. The van der Waals surface area contributed by atoms with Gasteiger partial charge in [-0.2, -0.15) is 0 Å². The maximum Gasteiger partial charge on any atom is 0.232 e. The molecule has 4 atom stereocenters. The van der Waals surface area contributed by atoms with E-state index >= 15 is 0 Å². The van der Waals surface area contributed by atoms with E-state index in [-0.39, 0.29) is 23.7 Å². The van der Waals surface area contributed by atoms with Gasteiger partial charge in [-0.3, -0.25) is 24.4 Å². The summed E-state index contributed by atoms with van der Waals surface area (Å²) >= 11 is 5.94. The Bertz CT molecular complexity index is 827. The average Bonchev–Trinajstić information content (AvgIpc) is 3.05. The minimum Gasteiger partial charge on any atom is -0.353 e. The zero-order valence-corrected chi connectivity index (χ0v) is 17.2. The Labute approximate surface area is 175 Å². The van der Waals surface area contributed by atoms with Crippen LogP contribution in [-0.2, 0) is 9.59 Å². The van der Waals surface area contributed by atoms with Crippen molar-refractivity contribution in [3.8, 4) is 0 Å². The zero-order valence-electron chi connectivity index (χ0n) is 16.4. The van der Waals surface area contributed by atoms with Crippen LogP contribution in [0.25, 0.3) is 0 Å². The fourth-order valence-electron chi connectivity index (χ4n) is 6.83. The van der Waals surface area contributed by atoms with Crippen molar-refractivity contribution in [1.82, 2.24) is 19.8 Å². The largest absolute Gasteiger partial charge is 0.353 e. The second-order valence-electron chi connectivity index (χ2n) is 9.33. The van der Waals surface area contributed by atoms with Gasteiger partial charge in [0.05, 0.1) is 12.4 Å². The summed E-state index contributed by atoms with van der Waals surface area (Å²) in [6, 6.07) is 0. The van der Waals surface area contributed by atoms with Crippen LogP contribution in [0.15, 0.2) is 12.4 Å². The second-order valence-corrected chi connectivity index (χ2v) is 9.72. The highest BCUT2D eigenvalue weighted by molar-refractivity contribution is 6.29. The van der Waals surface area contributed by atoms with Gasteiger partial charge in [0.1, 0.15) is 11.0 Å². The molecule has 2 aliphatic heterocycles. The third-order valence-electron chi connectivity index (χ3n) is 8.09. The van der Waals surface area contributed by atoms with Crippen LogP contribution in [0.2, 0.25) is 5.15 Å². The Kier molecular flexibility index (Phi) is 4.14. The highest BCUT2D eigenvalue weighted by atomic mass is 35.5. The number of nitrogens with zero attached hydrogens (tertiary/aromatic N) is 5. The number of amides is 2. The van der Waals surface area contributed by atoms with Gasteiger partial charge in [-0.15, -0.1) is 0 Å². The Balaban J connectivity index is 0.959. The van der Waals surface area contributed by atoms with Crippen LogP contribution in [0.1, 0.15) is 19.3 Å². The molecule has 4 unspecified atom stereocenters. The van der Waals surface area contributed by atoms with Crippen molar-refractivity contribution in [1.29, 1.82) is 0 Å². The van der Waals surface area contributed by atoms with Crippen LogP contribution in [0.3, 0.4) is 0 Å². The van der Waals surface area contributed by atoms with E-state index in [1.165, 1.54) is 0 Å². The van der Waals surface area contributed by atoms with Crippen LogP contribution >= 0.6 is 11.6 Å². The van der Waals surface area contributed by atoms with E-state index in [0.29, 0.717) is 35.4 Å². The molecule has 0 N–H and O–H groups in total. The number of anilines is 1. The summed E-state index contributed by atoms with van der Waals surface area (Å²) in [6.07, 6.45) is 6.37. The molecule has 1 aromatic heterocycles. The number of carbonyl (C=O) groups excluding carboxylic acids is 2. The first-order valence-corrected chi connectivity index (χ1v) is 11.3. The van der Waals surface area contributed by atoms with Crippen LogP contribution in [-0.4, -0.2) is 70.9 Å². The van der Waals surface area contributed by atoms with Gasteiger partial charge in [-0.25, -0.2) is 4.98 Å². The summed E-state index contributed by atoms with van der Waals surface area (Å²) in [5.74, 6) is 3.75. The van der Waals surface area contributed by atoms with E-state index in [1.807, 2.05) is 0 Å². The van der Waals surface area contributed by atoms with Gasteiger partial charge in [0.2, 0.25) is 11.8 Å². The standard InChI is InChI=1S/C21H26ClN5O2/c22-14-10-23-11-15(24-14)26-7-5-25(6-8-26)3-1-2-4-27-20(28)18-13-9-12-16(18)17(12)19(13)21(27)29/h10-13,16-19H,1-9H2. The summed E-state index contributed by atoms with van der Waals surface area (Å²) in [7, 11) is 0. The molecule has 6 fully saturated rings. The number of halogens is 1. The molecular formula is C21H26ClN5O2. The topological polar surface area (TPSA) is 69.6 Å². The molecule has 2 amide bonds. The maximum atomic E-state index is 12.8. The molecule has 0 radical (unpaired) electrons. The van der Waals surface area contributed by atoms with Crippen molar-refractivity contribution in [3.63, 3.8) is 0 Å². The number of unbranched alkanes of at least 4 members (excludes halogenated alkanes) is 1. The van der Waals surface area contributed by atoms with E-state index in [2.05, 4.69) is 19.8 Å². The van der Waals surface area contributed by atoms with Gasteiger partial charge >= 0.3 is 0 Å². The lowest BCUT2D eigenvalue weighted by atomic mass is 9.85. The Morgan fingerprint density at radius 2 is 1.62 bits per heavy atom.